The molecule has 2 N–H and O–H groups in total. The van der Waals surface area contributed by atoms with Crippen molar-refractivity contribution in [2.24, 2.45) is 0 Å². The predicted octanol–water partition coefficient (Wildman–Crippen LogP) is 3.18. The Morgan fingerprint density at radius 1 is 1.28 bits per heavy atom. The molecule has 1 aliphatic rings. The lowest BCUT2D eigenvalue weighted by Crippen LogP contribution is -1.96. The molecule has 0 amide bonds. The normalized spacial score (nSPS) is 14.5. The molecule has 0 spiro atoms. The molecule has 1 heterocycles. The molecule has 2 aromatic rings. The lowest BCUT2D eigenvalue weighted by molar-refractivity contribution is 0.303. The molecule has 0 atom stereocenters. The Bertz CT molecular complexity index is 576. The first-order valence-electron chi connectivity index (χ1n) is 6.21. The zero-order chi connectivity index (χ0) is 12.5. The Labute approximate surface area is 107 Å². The quantitative estimate of drug-likeness (QED) is 0.896. The molecule has 1 aromatic carbocycles. The van der Waals surface area contributed by atoms with E-state index in [1.165, 1.54) is 12.8 Å². The zero-order valence-corrected chi connectivity index (χ0v) is 10.4. The number of nitrogens with zero attached hydrogens (tertiary/aromatic N) is 1. The maximum atomic E-state index is 5.81. The van der Waals surface area contributed by atoms with E-state index < -0.39 is 0 Å². The summed E-state index contributed by atoms with van der Waals surface area (Å²) >= 11 is 0. The van der Waals surface area contributed by atoms with Gasteiger partial charge in [0, 0.05) is 11.8 Å². The van der Waals surface area contributed by atoms with Gasteiger partial charge >= 0.3 is 0 Å². The molecule has 0 aliphatic heterocycles. The second kappa shape index (κ2) is 4.33. The van der Waals surface area contributed by atoms with Crippen LogP contribution in [0.1, 0.15) is 18.4 Å². The van der Waals surface area contributed by atoms with Crippen molar-refractivity contribution in [1.82, 2.24) is 4.98 Å². The highest BCUT2D eigenvalue weighted by atomic mass is 16.5. The Kier molecular flexibility index (Phi) is 2.67. The van der Waals surface area contributed by atoms with E-state index in [0.29, 0.717) is 11.9 Å². The van der Waals surface area contributed by atoms with Crippen molar-refractivity contribution < 1.29 is 4.74 Å². The maximum Gasteiger partial charge on any atom is 0.123 e. The molecule has 92 valence electrons. The summed E-state index contributed by atoms with van der Waals surface area (Å²) in [6, 6.07) is 10.0. The highest BCUT2D eigenvalue weighted by molar-refractivity contribution is 5.68. The summed E-state index contributed by atoms with van der Waals surface area (Å²) in [7, 11) is 0. The second-order valence-corrected chi connectivity index (χ2v) is 4.77. The molecule has 1 fully saturated rings. The molecule has 18 heavy (non-hydrogen) atoms. The van der Waals surface area contributed by atoms with Crippen LogP contribution >= 0.6 is 0 Å². The molecule has 0 saturated heterocycles. The molecule has 3 nitrogen and oxygen atoms in total. The van der Waals surface area contributed by atoms with Gasteiger partial charge in [0.05, 0.1) is 6.10 Å². The molecule has 1 aliphatic carbocycles. The van der Waals surface area contributed by atoms with Crippen molar-refractivity contribution >= 4 is 5.82 Å². The van der Waals surface area contributed by atoms with Gasteiger partial charge in [0.15, 0.2) is 0 Å². The molecular weight excluding hydrogens is 224 g/mol. The third-order valence-corrected chi connectivity index (χ3v) is 3.10. The van der Waals surface area contributed by atoms with Crippen LogP contribution in [0, 0.1) is 6.92 Å². The summed E-state index contributed by atoms with van der Waals surface area (Å²) in [5.74, 6) is 1.49. The number of aromatic nitrogens is 1. The number of nitrogens with two attached hydrogens (primary N) is 1. The Morgan fingerprint density at radius 2 is 2.11 bits per heavy atom. The van der Waals surface area contributed by atoms with Crippen molar-refractivity contribution in [2.75, 3.05) is 5.73 Å². The number of benzene rings is 1. The van der Waals surface area contributed by atoms with Crippen LogP contribution in [0.25, 0.3) is 11.1 Å². The fourth-order valence-electron chi connectivity index (χ4n) is 2.00. The van der Waals surface area contributed by atoms with Crippen LogP contribution in [-0.2, 0) is 0 Å². The van der Waals surface area contributed by atoms with E-state index in [0.717, 1.165) is 22.4 Å². The average Bonchev–Trinajstić information content (AvgIpc) is 3.13. The molecule has 1 saturated carbocycles. The van der Waals surface area contributed by atoms with Crippen LogP contribution in [-0.4, -0.2) is 11.1 Å². The number of pyridine rings is 1. The van der Waals surface area contributed by atoms with E-state index in [2.05, 4.69) is 17.1 Å². The summed E-state index contributed by atoms with van der Waals surface area (Å²) in [5.41, 5.74) is 9.03. The number of rotatable bonds is 3. The van der Waals surface area contributed by atoms with E-state index in [9.17, 15) is 0 Å². The number of nitrogen functional groups attached to an aromatic ring is 1. The fourth-order valence-corrected chi connectivity index (χ4v) is 2.00. The third kappa shape index (κ3) is 2.30. The molecule has 1 aromatic heterocycles. The summed E-state index contributed by atoms with van der Waals surface area (Å²) < 4.78 is 5.81. The van der Waals surface area contributed by atoms with Gasteiger partial charge in [0.2, 0.25) is 0 Å². The summed E-state index contributed by atoms with van der Waals surface area (Å²) in [4.78, 5) is 4.16. The summed E-state index contributed by atoms with van der Waals surface area (Å²) in [6.07, 6.45) is 4.59. The number of anilines is 1. The molecule has 0 radical (unpaired) electrons. The van der Waals surface area contributed by atoms with E-state index in [4.69, 9.17) is 10.5 Å². The smallest absolute Gasteiger partial charge is 0.123 e. The van der Waals surface area contributed by atoms with Gasteiger partial charge in [-0.2, -0.15) is 0 Å². The maximum absolute atomic E-state index is 5.81. The van der Waals surface area contributed by atoms with E-state index in [-0.39, 0.29) is 0 Å². The van der Waals surface area contributed by atoms with Crippen LogP contribution in [0.5, 0.6) is 5.75 Å². The SMILES string of the molecule is Cc1cc(N)ncc1-c1cccc(OC2CC2)c1. The number of aryl methyl sites for hydroxylation is 1. The van der Waals surface area contributed by atoms with E-state index >= 15 is 0 Å². The highest BCUT2D eigenvalue weighted by Crippen LogP contribution is 2.30. The van der Waals surface area contributed by atoms with Gasteiger partial charge < -0.3 is 10.5 Å². The lowest BCUT2D eigenvalue weighted by Gasteiger charge is -2.09. The first-order chi connectivity index (χ1) is 8.72. The topological polar surface area (TPSA) is 48.1 Å². The molecular formula is C15H16N2O. The second-order valence-electron chi connectivity index (χ2n) is 4.77. The number of hydrogen-bond acceptors (Lipinski definition) is 3. The predicted molar refractivity (Wildman–Crippen MR) is 72.5 cm³/mol. The minimum atomic E-state index is 0.422. The van der Waals surface area contributed by atoms with Crippen LogP contribution in [0.15, 0.2) is 36.5 Å². The monoisotopic (exact) mass is 240 g/mol. The highest BCUT2D eigenvalue weighted by Gasteiger charge is 2.23. The fraction of sp³-hybridized carbons (Fsp3) is 0.267. The number of hydrogen-bond donors (Lipinski definition) is 1. The van der Waals surface area contributed by atoms with Crippen LogP contribution in [0.4, 0.5) is 5.82 Å². The Hall–Kier alpha value is -2.03. The van der Waals surface area contributed by atoms with E-state index in [1.54, 1.807) is 0 Å². The first kappa shape index (κ1) is 11.1. The third-order valence-electron chi connectivity index (χ3n) is 3.10. The van der Waals surface area contributed by atoms with E-state index in [1.807, 2.05) is 31.3 Å². The van der Waals surface area contributed by atoms with Gasteiger partial charge in [-0.05, 0) is 49.1 Å². The van der Waals surface area contributed by atoms with Gasteiger partial charge in [0.1, 0.15) is 11.6 Å². The van der Waals surface area contributed by atoms with Crippen molar-refractivity contribution in [3.8, 4) is 16.9 Å². The van der Waals surface area contributed by atoms with Crippen molar-refractivity contribution in [3.05, 3.63) is 42.1 Å². The van der Waals surface area contributed by atoms with Gasteiger partial charge in [-0.3, -0.25) is 0 Å². The van der Waals surface area contributed by atoms with Gasteiger partial charge in [-0.25, -0.2) is 4.98 Å². The largest absolute Gasteiger partial charge is 0.490 e. The molecule has 0 bridgehead atoms. The number of ether oxygens (including phenoxy) is 1. The summed E-state index contributed by atoms with van der Waals surface area (Å²) in [6.45, 7) is 2.04. The Balaban J connectivity index is 1.94. The minimum Gasteiger partial charge on any atom is -0.490 e. The van der Waals surface area contributed by atoms with Gasteiger partial charge in [-0.1, -0.05) is 12.1 Å². The first-order valence-corrected chi connectivity index (χ1v) is 6.21. The standard InChI is InChI=1S/C15H16N2O/c1-10-7-15(16)17-9-14(10)11-3-2-4-13(8-11)18-12-5-6-12/h2-4,7-9,12H,5-6H2,1H3,(H2,16,17). The average molecular weight is 240 g/mol. The zero-order valence-electron chi connectivity index (χ0n) is 10.4. The van der Waals surface area contributed by atoms with Crippen LogP contribution < -0.4 is 10.5 Å². The van der Waals surface area contributed by atoms with Gasteiger partial charge in [0.25, 0.3) is 0 Å². The molecule has 0 unspecified atom stereocenters. The molecule has 3 rings (SSSR count). The van der Waals surface area contributed by atoms with Gasteiger partial charge in [-0.15, -0.1) is 0 Å². The molecule has 3 heteroatoms. The Morgan fingerprint density at radius 3 is 2.83 bits per heavy atom. The lowest BCUT2D eigenvalue weighted by atomic mass is 10.0. The van der Waals surface area contributed by atoms with Crippen LogP contribution in [0.3, 0.4) is 0 Å². The minimum absolute atomic E-state index is 0.422. The van der Waals surface area contributed by atoms with Crippen molar-refractivity contribution in [1.29, 1.82) is 0 Å². The van der Waals surface area contributed by atoms with Crippen molar-refractivity contribution in [3.63, 3.8) is 0 Å². The van der Waals surface area contributed by atoms with Crippen molar-refractivity contribution in [2.45, 2.75) is 25.9 Å². The van der Waals surface area contributed by atoms with Crippen LogP contribution in [0.2, 0.25) is 0 Å². The summed E-state index contributed by atoms with van der Waals surface area (Å²) in [5, 5.41) is 0.